The van der Waals surface area contributed by atoms with Gasteiger partial charge in [-0.1, -0.05) is 6.07 Å². The second kappa shape index (κ2) is 6.08. The maximum absolute atomic E-state index is 12.1. The van der Waals surface area contributed by atoms with Crippen LogP contribution in [0.4, 0.5) is 0 Å². The Morgan fingerprint density at radius 1 is 1.58 bits per heavy atom. The number of carbonyl (C=O) groups excluding carboxylic acids is 1. The molecule has 100 valence electrons. The summed E-state index contributed by atoms with van der Waals surface area (Å²) in [7, 11) is 1.80. The average molecular weight is 293 g/mol. The monoisotopic (exact) mass is 293 g/mol. The highest BCUT2D eigenvalue weighted by atomic mass is 32.1. The summed E-state index contributed by atoms with van der Waals surface area (Å²) in [6, 6.07) is 3.83. The molecule has 4 nitrogen and oxygen atoms in total. The molecule has 0 aromatic carbocycles. The van der Waals surface area contributed by atoms with E-state index in [2.05, 4.69) is 9.97 Å². The number of pyridine rings is 1. The zero-order chi connectivity index (χ0) is 13.8. The minimum Gasteiger partial charge on any atom is -0.341 e. The van der Waals surface area contributed by atoms with Gasteiger partial charge in [-0.15, -0.1) is 11.3 Å². The standard InChI is InChI=1S/C13H15N3OS2/c1-9-11(19-13(18)15-9)6-12(17)16(2)8-10-4-3-5-14-7-10/h3-5,7H,6,8H2,1-2H3,(H,15,18). The van der Waals surface area contributed by atoms with E-state index in [-0.39, 0.29) is 5.91 Å². The zero-order valence-corrected chi connectivity index (χ0v) is 12.5. The van der Waals surface area contributed by atoms with Crippen LogP contribution in [0.5, 0.6) is 0 Å². The molecule has 0 saturated carbocycles. The van der Waals surface area contributed by atoms with Crippen LogP contribution in [0.3, 0.4) is 0 Å². The summed E-state index contributed by atoms with van der Waals surface area (Å²) >= 11 is 6.54. The Morgan fingerprint density at radius 2 is 2.37 bits per heavy atom. The molecular weight excluding hydrogens is 278 g/mol. The van der Waals surface area contributed by atoms with Crippen molar-refractivity contribution in [3.8, 4) is 0 Å². The van der Waals surface area contributed by atoms with Crippen LogP contribution in [0.2, 0.25) is 0 Å². The molecule has 6 heteroatoms. The van der Waals surface area contributed by atoms with Crippen LogP contribution in [-0.4, -0.2) is 27.8 Å². The summed E-state index contributed by atoms with van der Waals surface area (Å²) in [4.78, 5) is 22.0. The maximum atomic E-state index is 12.1. The van der Waals surface area contributed by atoms with Crippen molar-refractivity contribution in [1.29, 1.82) is 0 Å². The topological polar surface area (TPSA) is 49.0 Å². The van der Waals surface area contributed by atoms with E-state index in [0.717, 1.165) is 20.1 Å². The number of hydrogen-bond acceptors (Lipinski definition) is 4. The van der Waals surface area contributed by atoms with Crippen LogP contribution in [-0.2, 0) is 17.8 Å². The fourth-order valence-electron chi connectivity index (χ4n) is 1.73. The summed E-state index contributed by atoms with van der Waals surface area (Å²) in [6.07, 6.45) is 3.89. The minimum absolute atomic E-state index is 0.0807. The lowest BCUT2D eigenvalue weighted by molar-refractivity contribution is -0.129. The summed E-state index contributed by atoms with van der Waals surface area (Å²) in [5.74, 6) is 0.0807. The second-order valence-corrected chi connectivity index (χ2v) is 6.12. The molecule has 0 bridgehead atoms. The molecule has 0 unspecified atom stereocenters. The van der Waals surface area contributed by atoms with Crippen molar-refractivity contribution in [3.05, 3.63) is 44.6 Å². The molecule has 0 aliphatic heterocycles. The number of aromatic nitrogens is 2. The molecule has 1 N–H and O–H groups in total. The SMILES string of the molecule is Cc1[nH]c(=S)sc1CC(=O)N(C)Cc1cccnc1. The largest absolute Gasteiger partial charge is 0.341 e. The van der Waals surface area contributed by atoms with E-state index in [1.54, 1.807) is 24.3 Å². The Morgan fingerprint density at radius 3 is 2.95 bits per heavy atom. The number of amides is 1. The van der Waals surface area contributed by atoms with Crippen molar-refractivity contribution in [2.24, 2.45) is 0 Å². The Kier molecular flexibility index (Phi) is 4.44. The van der Waals surface area contributed by atoms with Gasteiger partial charge in [-0.25, -0.2) is 0 Å². The van der Waals surface area contributed by atoms with Gasteiger partial charge in [0.15, 0.2) is 3.95 Å². The van der Waals surface area contributed by atoms with Crippen molar-refractivity contribution in [2.45, 2.75) is 19.9 Å². The number of nitrogens with zero attached hydrogens (tertiary/aromatic N) is 2. The fourth-order valence-corrected chi connectivity index (χ4v) is 3.01. The average Bonchev–Trinajstić information content (AvgIpc) is 2.69. The van der Waals surface area contributed by atoms with Gasteiger partial charge in [-0.2, -0.15) is 0 Å². The lowest BCUT2D eigenvalue weighted by atomic mass is 10.2. The lowest BCUT2D eigenvalue weighted by Crippen LogP contribution is -2.27. The molecule has 2 rings (SSSR count). The number of nitrogens with one attached hydrogen (secondary N) is 1. The van der Waals surface area contributed by atoms with Gasteiger partial charge in [0, 0.05) is 36.6 Å². The number of aryl methyl sites for hydroxylation is 1. The van der Waals surface area contributed by atoms with Crippen LogP contribution in [0.25, 0.3) is 0 Å². The quantitative estimate of drug-likeness (QED) is 0.882. The first-order valence-corrected chi connectivity index (χ1v) is 7.10. The second-order valence-electron chi connectivity index (χ2n) is 4.35. The van der Waals surface area contributed by atoms with Crippen LogP contribution >= 0.6 is 23.6 Å². The Bertz CT molecular complexity index is 618. The third-order valence-corrected chi connectivity index (χ3v) is 4.14. The maximum Gasteiger partial charge on any atom is 0.227 e. The Hall–Kier alpha value is -1.53. The van der Waals surface area contributed by atoms with E-state index in [1.807, 2.05) is 19.1 Å². The highest BCUT2D eigenvalue weighted by Crippen LogP contribution is 2.16. The van der Waals surface area contributed by atoms with E-state index in [1.165, 1.54) is 11.3 Å². The van der Waals surface area contributed by atoms with Gasteiger partial charge in [0.2, 0.25) is 5.91 Å². The van der Waals surface area contributed by atoms with Crippen LogP contribution in [0.1, 0.15) is 16.1 Å². The molecule has 0 aliphatic carbocycles. The number of hydrogen-bond donors (Lipinski definition) is 1. The van der Waals surface area contributed by atoms with Crippen LogP contribution in [0.15, 0.2) is 24.5 Å². The highest BCUT2D eigenvalue weighted by molar-refractivity contribution is 7.73. The molecule has 0 saturated heterocycles. The number of H-pyrrole nitrogens is 1. The molecule has 0 atom stereocenters. The number of rotatable bonds is 4. The molecule has 1 amide bonds. The lowest BCUT2D eigenvalue weighted by Gasteiger charge is -2.16. The van der Waals surface area contributed by atoms with Crippen molar-refractivity contribution in [2.75, 3.05) is 7.05 Å². The first-order valence-electron chi connectivity index (χ1n) is 5.87. The van der Waals surface area contributed by atoms with Gasteiger partial charge in [-0.05, 0) is 30.8 Å². The molecule has 2 aromatic rings. The zero-order valence-electron chi connectivity index (χ0n) is 10.8. The molecular formula is C13H15N3OS2. The molecule has 19 heavy (non-hydrogen) atoms. The summed E-state index contributed by atoms with van der Waals surface area (Å²) < 4.78 is 0.718. The normalized spacial score (nSPS) is 10.4. The minimum atomic E-state index is 0.0807. The van der Waals surface area contributed by atoms with E-state index >= 15 is 0 Å². The number of thiazole rings is 1. The molecule has 0 fully saturated rings. The molecule has 0 radical (unpaired) electrons. The molecule has 2 aromatic heterocycles. The third-order valence-electron chi connectivity index (χ3n) is 2.80. The van der Waals surface area contributed by atoms with Gasteiger partial charge in [0.1, 0.15) is 0 Å². The van der Waals surface area contributed by atoms with Crippen LogP contribution < -0.4 is 0 Å². The smallest absolute Gasteiger partial charge is 0.227 e. The predicted molar refractivity (Wildman–Crippen MR) is 78.7 cm³/mol. The molecule has 0 spiro atoms. The van der Waals surface area contributed by atoms with Gasteiger partial charge in [0.25, 0.3) is 0 Å². The first kappa shape index (κ1) is 13.9. The molecule has 0 aliphatic rings. The van der Waals surface area contributed by atoms with E-state index < -0.39 is 0 Å². The summed E-state index contributed by atoms with van der Waals surface area (Å²) in [5, 5.41) is 0. The fraction of sp³-hybridized carbons (Fsp3) is 0.308. The van der Waals surface area contributed by atoms with E-state index in [4.69, 9.17) is 12.2 Å². The third kappa shape index (κ3) is 3.71. The van der Waals surface area contributed by atoms with Gasteiger partial charge >= 0.3 is 0 Å². The number of likely N-dealkylation sites (N-methyl/N-ethyl adjacent to an activating group) is 1. The number of carbonyl (C=O) groups is 1. The van der Waals surface area contributed by atoms with Gasteiger partial charge in [-0.3, -0.25) is 9.78 Å². The predicted octanol–water partition coefficient (Wildman–Crippen LogP) is 2.71. The van der Waals surface area contributed by atoms with Crippen molar-refractivity contribution in [1.82, 2.24) is 14.9 Å². The van der Waals surface area contributed by atoms with Gasteiger partial charge in [0.05, 0.1) is 6.42 Å². The Labute approximate surface area is 121 Å². The number of aromatic amines is 1. The first-order chi connectivity index (χ1) is 9.06. The van der Waals surface area contributed by atoms with Crippen LogP contribution in [0, 0.1) is 10.9 Å². The summed E-state index contributed by atoms with van der Waals surface area (Å²) in [6.45, 7) is 2.51. The van der Waals surface area contributed by atoms with Crippen molar-refractivity contribution >= 4 is 29.5 Å². The summed E-state index contributed by atoms with van der Waals surface area (Å²) in [5.41, 5.74) is 2.01. The highest BCUT2D eigenvalue weighted by Gasteiger charge is 2.13. The van der Waals surface area contributed by atoms with Crippen molar-refractivity contribution < 1.29 is 4.79 Å². The molecule has 2 heterocycles. The van der Waals surface area contributed by atoms with E-state index in [0.29, 0.717) is 13.0 Å². The van der Waals surface area contributed by atoms with Gasteiger partial charge < -0.3 is 9.88 Å². The van der Waals surface area contributed by atoms with E-state index in [9.17, 15) is 4.79 Å². The van der Waals surface area contributed by atoms with Crippen molar-refractivity contribution in [3.63, 3.8) is 0 Å². The Balaban J connectivity index is 2.00.